The summed E-state index contributed by atoms with van der Waals surface area (Å²) in [5, 5.41) is 15.0. The number of hydrogen-bond acceptors (Lipinski definition) is 6. The Hall–Kier alpha value is -3.39. The molecular formula is C23H23ClN2O6. The van der Waals surface area contributed by atoms with Crippen LogP contribution in [-0.2, 0) is 13.2 Å². The van der Waals surface area contributed by atoms with Gasteiger partial charge in [0, 0.05) is 17.5 Å². The van der Waals surface area contributed by atoms with Crippen LogP contribution in [0, 0.1) is 0 Å². The predicted molar refractivity (Wildman–Crippen MR) is 117 cm³/mol. The summed E-state index contributed by atoms with van der Waals surface area (Å²) in [6.45, 7) is 4.34. The normalized spacial score (nSPS) is 12.3. The van der Waals surface area contributed by atoms with Gasteiger partial charge in [-0.1, -0.05) is 37.6 Å². The highest BCUT2D eigenvalue weighted by molar-refractivity contribution is 6.31. The standard InChI is InChI=1S/C23H23ClN2O6/c1-13(2)20-22(30-11-15-8-18-19(9-17(15)24)32-12-31-18)21(23(27)28)26(25-20)10-14-4-6-16(29-3)7-5-14/h4-9,13H,10-12H2,1-3H3,(H,27,28). The van der Waals surface area contributed by atoms with Crippen molar-refractivity contribution < 1.29 is 28.8 Å². The molecule has 1 aromatic heterocycles. The molecule has 0 amide bonds. The summed E-state index contributed by atoms with van der Waals surface area (Å²) in [5.74, 6) is 0.929. The van der Waals surface area contributed by atoms with Gasteiger partial charge in [-0.25, -0.2) is 4.79 Å². The van der Waals surface area contributed by atoms with Crippen LogP contribution in [0.15, 0.2) is 36.4 Å². The van der Waals surface area contributed by atoms with Gasteiger partial charge in [0.1, 0.15) is 18.1 Å². The van der Waals surface area contributed by atoms with Crippen molar-refractivity contribution in [2.24, 2.45) is 0 Å². The molecule has 8 nitrogen and oxygen atoms in total. The van der Waals surface area contributed by atoms with Crippen LogP contribution in [-0.4, -0.2) is 34.8 Å². The third-order valence-corrected chi connectivity index (χ3v) is 5.44. The molecule has 1 N–H and O–H groups in total. The Morgan fingerprint density at radius 3 is 2.53 bits per heavy atom. The maximum Gasteiger partial charge on any atom is 0.358 e. The molecular weight excluding hydrogens is 436 g/mol. The van der Waals surface area contributed by atoms with Gasteiger partial charge >= 0.3 is 5.97 Å². The van der Waals surface area contributed by atoms with Gasteiger partial charge in [-0.3, -0.25) is 4.68 Å². The van der Waals surface area contributed by atoms with Crippen LogP contribution in [0.1, 0.15) is 47.1 Å². The molecule has 32 heavy (non-hydrogen) atoms. The summed E-state index contributed by atoms with van der Waals surface area (Å²) in [7, 11) is 1.59. The van der Waals surface area contributed by atoms with Crippen molar-refractivity contribution in [3.8, 4) is 23.0 Å². The maximum absolute atomic E-state index is 12.2. The SMILES string of the molecule is COc1ccc(Cn2nc(C(C)C)c(OCc3cc4c(cc3Cl)OCO4)c2C(=O)O)cc1. The number of halogens is 1. The average molecular weight is 459 g/mol. The zero-order valence-electron chi connectivity index (χ0n) is 17.9. The smallest absolute Gasteiger partial charge is 0.358 e. The van der Waals surface area contributed by atoms with Crippen LogP contribution in [0.5, 0.6) is 23.0 Å². The van der Waals surface area contributed by atoms with Gasteiger partial charge in [-0.2, -0.15) is 5.10 Å². The van der Waals surface area contributed by atoms with E-state index in [4.69, 9.17) is 30.5 Å². The molecule has 2 heterocycles. The topological polar surface area (TPSA) is 92.0 Å². The largest absolute Gasteiger partial charge is 0.497 e. The first-order valence-electron chi connectivity index (χ1n) is 10.0. The van der Waals surface area contributed by atoms with E-state index in [1.165, 1.54) is 4.68 Å². The van der Waals surface area contributed by atoms with E-state index in [9.17, 15) is 9.90 Å². The first-order valence-corrected chi connectivity index (χ1v) is 10.4. The molecule has 0 spiro atoms. The van der Waals surface area contributed by atoms with Crippen molar-refractivity contribution in [2.45, 2.75) is 32.9 Å². The first kappa shape index (κ1) is 21.8. The summed E-state index contributed by atoms with van der Waals surface area (Å²) in [6.07, 6.45) is 0. The molecule has 1 aliphatic heterocycles. The lowest BCUT2D eigenvalue weighted by atomic mass is 10.1. The van der Waals surface area contributed by atoms with Crippen molar-refractivity contribution in [1.29, 1.82) is 0 Å². The minimum absolute atomic E-state index is 0.0126. The van der Waals surface area contributed by atoms with Gasteiger partial charge in [0.05, 0.1) is 18.7 Å². The van der Waals surface area contributed by atoms with Crippen LogP contribution < -0.4 is 18.9 Å². The van der Waals surface area contributed by atoms with Crippen molar-refractivity contribution in [2.75, 3.05) is 13.9 Å². The first-order chi connectivity index (χ1) is 15.4. The summed E-state index contributed by atoms with van der Waals surface area (Å²) in [4.78, 5) is 12.2. The van der Waals surface area contributed by atoms with Crippen molar-refractivity contribution >= 4 is 17.6 Å². The Balaban J connectivity index is 1.65. The van der Waals surface area contributed by atoms with Gasteiger partial charge in [-0.15, -0.1) is 0 Å². The third kappa shape index (κ3) is 4.31. The van der Waals surface area contributed by atoms with Gasteiger partial charge in [0.2, 0.25) is 6.79 Å². The summed E-state index contributed by atoms with van der Waals surface area (Å²) < 4.78 is 23.4. The minimum atomic E-state index is -1.12. The number of aromatic carboxylic acids is 1. The quantitative estimate of drug-likeness (QED) is 0.522. The fraction of sp³-hybridized carbons (Fsp3) is 0.304. The lowest BCUT2D eigenvalue weighted by Crippen LogP contribution is -2.12. The van der Waals surface area contributed by atoms with E-state index in [1.54, 1.807) is 19.2 Å². The van der Waals surface area contributed by atoms with Crippen LogP contribution >= 0.6 is 11.6 Å². The lowest BCUT2D eigenvalue weighted by Gasteiger charge is -2.11. The molecule has 0 saturated carbocycles. The highest BCUT2D eigenvalue weighted by Gasteiger charge is 2.27. The van der Waals surface area contributed by atoms with Crippen molar-refractivity contribution in [1.82, 2.24) is 9.78 Å². The van der Waals surface area contributed by atoms with E-state index < -0.39 is 5.97 Å². The summed E-state index contributed by atoms with van der Waals surface area (Å²) in [6, 6.07) is 10.8. The molecule has 0 saturated heterocycles. The monoisotopic (exact) mass is 458 g/mol. The summed E-state index contributed by atoms with van der Waals surface area (Å²) >= 11 is 6.35. The number of nitrogens with zero attached hydrogens (tertiary/aromatic N) is 2. The number of carboxylic acids is 1. The Morgan fingerprint density at radius 1 is 1.22 bits per heavy atom. The zero-order valence-corrected chi connectivity index (χ0v) is 18.7. The maximum atomic E-state index is 12.2. The van der Waals surface area contributed by atoms with E-state index in [2.05, 4.69) is 5.10 Å². The number of benzene rings is 2. The van der Waals surface area contributed by atoms with Gasteiger partial charge in [0.25, 0.3) is 0 Å². The molecule has 0 bridgehead atoms. The second-order valence-electron chi connectivity index (χ2n) is 7.61. The number of ether oxygens (including phenoxy) is 4. The number of carbonyl (C=O) groups is 1. The molecule has 0 atom stereocenters. The zero-order chi connectivity index (χ0) is 22.8. The fourth-order valence-corrected chi connectivity index (χ4v) is 3.64. The molecule has 0 fully saturated rings. The van der Waals surface area contributed by atoms with E-state index in [-0.39, 0.29) is 37.3 Å². The number of hydrogen-bond donors (Lipinski definition) is 1. The number of carboxylic acid groups (broad SMARTS) is 1. The second kappa shape index (κ2) is 9.00. The molecule has 168 valence electrons. The van der Waals surface area contributed by atoms with Crippen molar-refractivity contribution in [3.05, 3.63) is 63.9 Å². The van der Waals surface area contributed by atoms with Crippen molar-refractivity contribution in [3.63, 3.8) is 0 Å². The summed E-state index contributed by atoms with van der Waals surface area (Å²) in [5.41, 5.74) is 2.09. The highest BCUT2D eigenvalue weighted by Crippen LogP contribution is 2.38. The van der Waals surface area contributed by atoms with Gasteiger partial charge in [0.15, 0.2) is 22.9 Å². The molecule has 0 aliphatic carbocycles. The fourth-order valence-electron chi connectivity index (χ4n) is 3.43. The molecule has 0 radical (unpaired) electrons. The van der Waals surface area contributed by atoms with Gasteiger partial charge < -0.3 is 24.1 Å². The van der Waals surface area contributed by atoms with Crippen LogP contribution in [0.25, 0.3) is 0 Å². The van der Waals surface area contributed by atoms with E-state index in [0.29, 0.717) is 27.8 Å². The van der Waals surface area contributed by atoms with E-state index in [0.717, 1.165) is 11.3 Å². The Kier molecular flexibility index (Phi) is 6.14. The minimum Gasteiger partial charge on any atom is -0.497 e. The van der Waals surface area contributed by atoms with Crippen LogP contribution in [0.3, 0.4) is 0 Å². The molecule has 3 aromatic rings. The molecule has 9 heteroatoms. The Morgan fingerprint density at radius 2 is 1.91 bits per heavy atom. The van der Waals surface area contributed by atoms with E-state index in [1.807, 2.05) is 38.1 Å². The average Bonchev–Trinajstić information content (AvgIpc) is 3.36. The Labute approximate surface area is 190 Å². The number of fused-ring (bicyclic) bond motifs is 1. The molecule has 1 aliphatic rings. The Bertz CT molecular complexity index is 1140. The highest BCUT2D eigenvalue weighted by atomic mass is 35.5. The lowest BCUT2D eigenvalue weighted by molar-refractivity contribution is 0.0678. The van der Waals surface area contributed by atoms with Crippen LogP contribution in [0.2, 0.25) is 5.02 Å². The van der Waals surface area contributed by atoms with E-state index >= 15 is 0 Å². The number of methoxy groups -OCH3 is 1. The molecule has 0 unspecified atom stereocenters. The number of rotatable bonds is 8. The number of aromatic nitrogens is 2. The third-order valence-electron chi connectivity index (χ3n) is 5.09. The second-order valence-corrected chi connectivity index (χ2v) is 8.02. The molecule has 2 aromatic carbocycles. The predicted octanol–water partition coefficient (Wildman–Crippen LogP) is 4.72. The molecule has 4 rings (SSSR count). The van der Waals surface area contributed by atoms with Crippen LogP contribution in [0.4, 0.5) is 0 Å². The van der Waals surface area contributed by atoms with Gasteiger partial charge in [-0.05, 0) is 23.8 Å².